The van der Waals surface area contributed by atoms with Crippen LogP contribution >= 0.6 is 0 Å². The monoisotopic (exact) mass is 270 g/mol. The minimum atomic E-state index is 0.0720. The SMILES string of the molecule is C=CCO[C@@H]1CCN(C(=O)c2cccc3cc[nH]c23)C1. The lowest BCUT2D eigenvalue weighted by Crippen LogP contribution is -2.30. The zero-order chi connectivity index (χ0) is 13.9. The molecule has 20 heavy (non-hydrogen) atoms. The summed E-state index contributed by atoms with van der Waals surface area (Å²) in [5.74, 6) is 0.0720. The minimum absolute atomic E-state index is 0.0720. The van der Waals surface area contributed by atoms with Crippen molar-refractivity contribution in [3.8, 4) is 0 Å². The van der Waals surface area contributed by atoms with Gasteiger partial charge in [-0.25, -0.2) is 0 Å². The maximum absolute atomic E-state index is 12.6. The van der Waals surface area contributed by atoms with Crippen molar-refractivity contribution in [1.29, 1.82) is 0 Å². The lowest BCUT2D eigenvalue weighted by atomic mass is 10.1. The summed E-state index contributed by atoms with van der Waals surface area (Å²) in [5.41, 5.74) is 1.64. The number of fused-ring (bicyclic) bond motifs is 1. The fourth-order valence-electron chi connectivity index (χ4n) is 2.69. The van der Waals surface area contributed by atoms with Crippen LogP contribution < -0.4 is 0 Å². The van der Waals surface area contributed by atoms with E-state index in [2.05, 4.69) is 11.6 Å². The van der Waals surface area contributed by atoms with E-state index in [4.69, 9.17) is 4.74 Å². The summed E-state index contributed by atoms with van der Waals surface area (Å²) in [7, 11) is 0. The third kappa shape index (κ3) is 2.34. The summed E-state index contributed by atoms with van der Waals surface area (Å²) >= 11 is 0. The highest BCUT2D eigenvalue weighted by Crippen LogP contribution is 2.21. The van der Waals surface area contributed by atoms with Crippen LogP contribution in [0.1, 0.15) is 16.8 Å². The van der Waals surface area contributed by atoms with Gasteiger partial charge in [-0.1, -0.05) is 18.2 Å². The number of H-pyrrole nitrogens is 1. The molecular weight excluding hydrogens is 252 g/mol. The molecule has 1 saturated heterocycles. The fourth-order valence-corrected chi connectivity index (χ4v) is 2.69. The number of rotatable bonds is 4. The number of carbonyl (C=O) groups excluding carboxylic acids is 1. The number of likely N-dealkylation sites (tertiary alicyclic amines) is 1. The van der Waals surface area contributed by atoms with Crippen LogP contribution in [-0.4, -0.2) is 41.6 Å². The van der Waals surface area contributed by atoms with Gasteiger partial charge in [-0.15, -0.1) is 6.58 Å². The van der Waals surface area contributed by atoms with Gasteiger partial charge in [-0.05, 0) is 18.6 Å². The summed E-state index contributed by atoms with van der Waals surface area (Å²) in [4.78, 5) is 17.6. The molecule has 1 atom stereocenters. The maximum atomic E-state index is 12.6. The standard InChI is InChI=1S/C16H18N2O2/c1-2-10-20-13-7-9-18(11-13)16(19)14-5-3-4-12-6-8-17-15(12)14/h2-6,8,13,17H,1,7,9-11H2/t13-/m1/s1. The molecule has 1 N–H and O–H groups in total. The van der Waals surface area contributed by atoms with Crippen molar-refractivity contribution in [2.45, 2.75) is 12.5 Å². The van der Waals surface area contributed by atoms with E-state index in [1.165, 1.54) is 0 Å². The van der Waals surface area contributed by atoms with Crippen LogP contribution in [0, 0.1) is 0 Å². The Balaban J connectivity index is 1.76. The van der Waals surface area contributed by atoms with Gasteiger partial charge in [0.15, 0.2) is 0 Å². The number of nitrogens with one attached hydrogen (secondary N) is 1. The van der Waals surface area contributed by atoms with Crippen LogP contribution in [-0.2, 0) is 4.74 Å². The Bertz CT molecular complexity index is 632. The second-order valence-electron chi connectivity index (χ2n) is 5.03. The molecule has 4 heteroatoms. The molecule has 1 fully saturated rings. The molecule has 0 radical (unpaired) electrons. The molecule has 0 spiro atoms. The number of aromatic amines is 1. The number of hydrogen-bond acceptors (Lipinski definition) is 2. The number of aromatic nitrogens is 1. The van der Waals surface area contributed by atoms with Gasteiger partial charge in [-0.2, -0.15) is 0 Å². The quantitative estimate of drug-likeness (QED) is 0.868. The first kappa shape index (κ1) is 12.9. The van der Waals surface area contributed by atoms with E-state index < -0.39 is 0 Å². The molecule has 3 rings (SSSR count). The first-order valence-corrected chi connectivity index (χ1v) is 6.87. The number of benzene rings is 1. The smallest absolute Gasteiger partial charge is 0.256 e. The minimum Gasteiger partial charge on any atom is -0.372 e. The normalized spacial score (nSPS) is 18.6. The highest BCUT2D eigenvalue weighted by Gasteiger charge is 2.28. The second kappa shape index (κ2) is 5.51. The van der Waals surface area contributed by atoms with Gasteiger partial charge in [0, 0.05) is 24.7 Å². The van der Waals surface area contributed by atoms with E-state index in [0.29, 0.717) is 13.2 Å². The molecule has 1 aliphatic rings. The van der Waals surface area contributed by atoms with Crippen LogP contribution in [0.15, 0.2) is 43.1 Å². The van der Waals surface area contributed by atoms with Gasteiger partial charge in [0.05, 0.1) is 23.8 Å². The van der Waals surface area contributed by atoms with Crippen molar-refractivity contribution in [3.63, 3.8) is 0 Å². The predicted octanol–water partition coefficient (Wildman–Crippen LogP) is 2.59. The summed E-state index contributed by atoms with van der Waals surface area (Å²) in [6.45, 7) is 5.59. The number of hydrogen-bond donors (Lipinski definition) is 1. The summed E-state index contributed by atoms with van der Waals surface area (Å²) in [6.07, 6.45) is 4.62. The van der Waals surface area contributed by atoms with Crippen molar-refractivity contribution in [3.05, 3.63) is 48.7 Å². The zero-order valence-corrected chi connectivity index (χ0v) is 11.3. The van der Waals surface area contributed by atoms with E-state index in [1.54, 1.807) is 6.08 Å². The summed E-state index contributed by atoms with van der Waals surface area (Å²) in [5, 5.41) is 1.06. The van der Waals surface area contributed by atoms with Crippen LogP contribution in [0.3, 0.4) is 0 Å². The molecule has 1 aromatic carbocycles. The third-order valence-electron chi connectivity index (χ3n) is 3.70. The van der Waals surface area contributed by atoms with Crippen LogP contribution in [0.5, 0.6) is 0 Å². The van der Waals surface area contributed by atoms with E-state index >= 15 is 0 Å². The van der Waals surface area contributed by atoms with E-state index in [-0.39, 0.29) is 12.0 Å². The summed E-state index contributed by atoms with van der Waals surface area (Å²) in [6, 6.07) is 7.78. The molecule has 1 amide bonds. The molecule has 0 unspecified atom stereocenters. The Kier molecular flexibility index (Phi) is 3.56. The third-order valence-corrected chi connectivity index (χ3v) is 3.70. The molecule has 0 saturated carbocycles. The Morgan fingerprint density at radius 2 is 2.40 bits per heavy atom. The number of para-hydroxylation sites is 1. The molecule has 0 bridgehead atoms. The lowest BCUT2D eigenvalue weighted by molar-refractivity contribution is 0.0655. The Morgan fingerprint density at radius 3 is 3.25 bits per heavy atom. The van der Waals surface area contributed by atoms with Crippen LogP contribution in [0.4, 0.5) is 0 Å². The van der Waals surface area contributed by atoms with Crippen molar-refractivity contribution < 1.29 is 9.53 Å². The fraction of sp³-hybridized carbons (Fsp3) is 0.312. The van der Waals surface area contributed by atoms with E-state index in [0.717, 1.165) is 29.4 Å². The van der Waals surface area contributed by atoms with Gasteiger partial charge in [0.1, 0.15) is 0 Å². The van der Waals surface area contributed by atoms with Gasteiger partial charge in [-0.3, -0.25) is 4.79 Å². The second-order valence-corrected chi connectivity index (χ2v) is 5.03. The number of carbonyl (C=O) groups is 1. The van der Waals surface area contributed by atoms with Crippen molar-refractivity contribution in [2.24, 2.45) is 0 Å². The summed E-state index contributed by atoms with van der Waals surface area (Å²) < 4.78 is 5.62. The van der Waals surface area contributed by atoms with Gasteiger partial charge < -0.3 is 14.6 Å². The van der Waals surface area contributed by atoms with E-state index in [1.807, 2.05) is 35.4 Å². The molecule has 4 nitrogen and oxygen atoms in total. The van der Waals surface area contributed by atoms with Gasteiger partial charge in [0.2, 0.25) is 0 Å². The van der Waals surface area contributed by atoms with Crippen molar-refractivity contribution in [2.75, 3.05) is 19.7 Å². The van der Waals surface area contributed by atoms with Gasteiger partial charge >= 0.3 is 0 Å². The Labute approximate surface area is 118 Å². The first-order valence-electron chi connectivity index (χ1n) is 6.87. The molecular formula is C16H18N2O2. The number of nitrogens with zero attached hydrogens (tertiary/aromatic N) is 1. The van der Waals surface area contributed by atoms with Crippen molar-refractivity contribution in [1.82, 2.24) is 9.88 Å². The number of ether oxygens (including phenoxy) is 1. The maximum Gasteiger partial charge on any atom is 0.256 e. The van der Waals surface area contributed by atoms with E-state index in [9.17, 15) is 4.79 Å². The topological polar surface area (TPSA) is 45.3 Å². The molecule has 0 aliphatic carbocycles. The Hall–Kier alpha value is -2.07. The lowest BCUT2D eigenvalue weighted by Gasteiger charge is -2.17. The Morgan fingerprint density at radius 1 is 1.50 bits per heavy atom. The zero-order valence-electron chi connectivity index (χ0n) is 11.3. The highest BCUT2D eigenvalue weighted by atomic mass is 16.5. The van der Waals surface area contributed by atoms with Crippen LogP contribution in [0.2, 0.25) is 0 Å². The highest BCUT2D eigenvalue weighted by molar-refractivity contribution is 6.05. The first-order chi connectivity index (χ1) is 9.79. The molecule has 2 heterocycles. The average Bonchev–Trinajstić information content (AvgIpc) is 3.12. The molecule has 1 aromatic heterocycles. The van der Waals surface area contributed by atoms with Crippen LogP contribution in [0.25, 0.3) is 10.9 Å². The molecule has 2 aromatic rings. The predicted molar refractivity (Wildman–Crippen MR) is 78.8 cm³/mol. The van der Waals surface area contributed by atoms with Gasteiger partial charge in [0.25, 0.3) is 5.91 Å². The number of amides is 1. The average molecular weight is 270 g/mol. The molecule has 104 valence electrons. The van der Waals surface area contributed by atoms with Crippen molar-refractivity contribution >= 4 is 16.8 Å². The molecule has 1 aliphatic heterocycles. The largest absolute Gasteiger partial charge is 0.372 e.